The molecule has 0 aliphatic carbocycles. The van der Waals surface area contributed by atoms with Crippen LogP contribution in [0.1, 0.15) is 45.1 Å². The molecule has 0 aliphatic heterocycles. The molecular weight excluding hydrogens is 450 g/mol. The average Bonchev–Trinajstić information content (AvgIpc) is 2.85. The van der Waals surface area contributed by atoms with E-state index in [4.69, 9.17) is 0 Å². The number of benzene rings is 2. The van der Waals surface area contributed by atoms with Gasteiger partial charge in [-0.3, -0.25) is 9.59 Å². The maximum atomic E-state index is 13.1. The summed E-state index contributed by atoms with van der Waals surface area (Å²) in [6.45, 7) is 5.02. The predicted octanol–water partition coefficient (Wildman–Crippen LogP) is 3.46. The molecule has 2 amide bonds. The summed E-state index contributed by atoms with van der Waals surface area (Å²) in [6.07, 6.45) is 3.04. The standard InChI is InChI=1S/C26H37N3O4S/c1-4-5-19-27-26(31)22(2)29(21-18-23-13-8-6-9-14-23)25(30)17-12-20-28(3)34(32,33)24-15-10-7-11-16-24/h6-11,13-16,22H,4-5,12,17-21H2,1-3H3,(H,27,31)/t22-/m1/s1. The number of carbonyl (C=O) groups is 2. The van der Waals surface area contributed by atoms with E-state index in [0.717, 1.165) is 18.4 Å². The largest absolute Gasteiger partial charge is 0.354 e. The van der Waals surface area contributed by atoms with Gasteiger partial charge in [-0.05, 0) is 43.9 Å². The number of hydrogen-bond acceptors (Lipinski definition) is 4. The Kier molecular flexibility index (Phi) is 11.2. The van der Waals surface area contributed by atoms with Crippen LogP contribution in [0.3, 0.4) is 0 Å². The van der Waals surface area contributed by atoms with Gasteiger partial charge in [-0.2, -0.15) is 0 Å². The lowest BCUT2D eigenvalue weighted by Crippen LogP contribution is -2.49. The first kappa shape index (κ1) is 27.5. The van der Waals surface area contributed by atoms with Crippen molar-refractivity contribution in [3.05, 3.63) is 66.2 Å². The van der Waals surface area contributed by atoms with Gasteiger partial charge in [0.1, 0.15) is 6.04 Å². The topological polar surface area (TPSA) is 86.8 Å². The third-order valence-corrected chi connectivity index (χ3v) is 7.67. The molecule has 0 fully saturated rings. The van der Waals surface area contributed by atoms with E-state index in [2.05, 4.69) is 12.2 Å². The van der Waals surface area contributed by atoms with E-state index in [1.54, 1.807) is 42.2 Å². The second-order valence-electron chi connectivity index (χ2n) is 8.39. The zero-order valence-electron chi connectivity index (χ0n) is 20.4. The highest BCUT2D eigenvalue weighted by atomic mass is 32.2. The fourth-order valence-electron chi connectivity index (χ4n) is 3.60. The van der Waals surface area contributed by atoms with Crippen molar-refractivity contribution in [3.63, 3.8) is 0 Å². The van der Waals surface area contributed by atoms with Crippen LogP contribution in [0.5, 0.6) is 0 Å². The molecule has 0 saturated heterocycles. The van der Waals surface area contributed by atoms with Crippen LogP contribution in [0.2, 0.25) is 0 Å². The van der Waals surface area contributed by atoms with E-state index in [-0.39, 0.29) is 29.7 Å². The summed E-state index contributed by atoms with van der Waals surface area (Å²) in [4.78, 5) is 27.6. The summed E-state index contributed by atoms with van der Waals surface area (Å²) in [5.41, 5.74) is 1.09. The van der Waals surface area contributed by atoms with Crippen molar-refractivity contribution in [1.82, 2.24) is 14.5 Å². The van der Waals surface area contributed by atoms with E-state index < -0.39 is 16.1 Å². The third kappa shape index (κ3) is 8.25. The predicted molar refractivity (Wildman–Crippen MR) is 135 cm³/mol. The van der Waals surface area contributed by atoms with E-state index in [1.165, 1.54) is 11.4 Å². The van der Waals surface area contributed by atoms with Crippen molar-refractivity contribution in [1.29, 1.82) is 0 Å². The molecule has 0 radical (unpaired) electrons. The Morgan fingerprint density at radius 1 is 0.941 bits per heavy atom. The molecule has 34 heavy (non-hydrogen) atoms. The van der Waals surface area contributed by atoms with Crippen molar-refractivity contribution in [3.8, 4) is 0 Å². The maximum absolute atomic E-state index is 13.1. The quantitative estimate of drug-likeness (QED) is 0.414. The number of unbranched alkanes of at least 4 members (excludes halogenated alkanes) is 1. The fourth-order valence-corrected chi connectivity index (χ4v) is 4.83. The van der Waals surface area contributed by atoms with Gasteiger partial charge < -0.3 is 10.2 Å². The Hall–Kier alpha value is -2.71. The summed E-state index contributed by atoms with van der Waals surface area (Å²) in [5.74, 6) is -0.321. The minimum Gasteiger partial charge on any atom is -0.354 e. The molecule has 1 atom stereocenters. The van der Waals surface area contributed by atoms with Gasteiger partial charge in [0, 0.05) is 33.1 Å². The molecule has 186 valence electrons. The first-order valence-corrected chi connectivity index (χ1v) is 13.3. The van der Waals surface area contributed by atoms with E-state index in [9.17, 15) is 18.0 Å². The lowest BCUT2D eigenvalue weighted by molar-refractivity contribution is -0.140. The molecule has 2 rings (SSSR count). The molecule has 2 aromatic rings. The van der Waals surface area contributed by atoms with Crippen LogP contribution in [0.15, 0.2) is 65.6 Å². The SMILES string of the molecule is CCCCNC(=O)[C@@H](C)N(CCc1ccccc1)C(=O)CCCN(C)S(=O)(=O)c1ccccc1. The number of nitrogens with zero attached hydrogens (tertiary/aromatic N) is 2. The molecule has 0 bridgehead atoms. The highest BCUT2D eigenvalue weighted by Crippen LogP contribution is 2.15. The van der Waals surface area contributed by atoms with E-state index in [1.807, 2.05) is 30.3 Å². The summed E-state index contributed by atoms with van der Waals surface area (Å²) in [6, 6.07) is 17.5. The normalized spacial score (nSPS) is 12.4. The lowest BCUT2D eigenvalue weighted by Gasteiger charge is -2.29. The molecule has 8 heteroatoms. The van der Waals surface area contributed by atoms with Gasteiger partial charge in [-0.15, -0.1) is 0 Å². The lowest BCUT2D eigenvalue weighted by atomic mass is 10.1. The third-order valence-electron chi connectivity index (χ3n) is 5.80. The fraction of sp³-hybridized carbons (Fsp3) is 0.462. The Morgan fingerprint density at radius 2 is 1.56 bits per heavy atom. The highest BCUT2D eigenvalue weighted by Gasteiger charge is 2.26. The number of rotatable bonds is 14. The summed E-state index contributed by atoms with van der Waals surface area (Å²) in [7, 11) is -2.08. The summed E-state index contributed by atoms with van der Waals surface area (Å²) >= 11 is 0. The molecular formula is C26H37N3O4S. The molecule has 7 nitrogen and oxygen atoms in total. The second kappa shape index (κ2) is 13.9. The van der Waals surface area contributed by atoms with Crippen LogP contribution in [0.4, 0.5) is 0 Å². The van der Waals surface area contributed by atoms with Gasteiger partial charge in [-0.25, -0.2) is 12.7 Å². The van der Waals surface area contributed by atoms with Crippen LogP contribution >= 0.6 is 0 Å². The molecule has 0 aromatic heterocycles. The van der Waals surface area contributed by atoms with Gasteiger partial charge in [0.25, 0.3) is 0 Å². The van der Waals surface area contributed by atoms with Gasteiger partial charge in [0.15, 0.2) is 0 Å². The smallest absolute Gasteiger partial charge is 0.242 e. The van der Waals surface area contributed by atoms with Crippen LogP contribution in [0, 0.1) is 0 Å². The molecule has 0 saturated carbocycles. The second-order valence-corrected chi connectivity index (χ2v) is 10.4. The van der Waals surface area contributed by atoms with E-state index in [0.29, 0.717) is 25.9 Å². The van der Waals surface area contributed by atoms with Crippen molar-refractivity contribution in [2.75, 3.05) is 26.7 Å². The Balaban J connectivity index is 1.99. The van der Waals surface area contributed by atoms with Crippen molar-refractivity contribution < 1.29 is 18.0 Å². The first-order chi connectivity index (χ1) is 16.3. The van der Waals surface area contributed by atoms with Crippen LogP contribution in [-0.2, 0) is 26.0 Å². The van der Waals surface area contributed by atoms with Gasteiger partial charge >= 0.3 is 0 Å². The van der Waals surface area contributed by atoms with Crippen molar-refractivity contribution in [2.45, 2.75) is 56.9 Å². The first-order valence-electron chi connectivity index (χ1n) is 11.9. The van der Waals surface area contributed by atoms with Crippen LogP contribution in [0.25, 0.3) is 0 Å². The Bertz CT molecular complexity index is 997. The molecule has 0 aliphatic rings. The molecule has 0 unspecified atom stereocenters. The van der Waals surface area contributed by atoms with Gasteiger partial charge in [0.2, 0.25) is 21.8 Å². The number of sulfonamides is 1. The minimum absolute atomic E-state index is 0.153. The number of carbonyl (C=O) groups excluding carboxylic acids is 2. The average molecular weight is 488 g/mol. The molecule has 2 aromatic carbocycles. The minimum atomic E-state index is -3.60. The number of hydrogen-bond donors (Lipinski definition) is 1. The molecule has 0 spiro atoms. The Labute approximate surface area is 204 Å². The van der Waals surface area contributed by atoms with E-state index >= 15 is 0 Å². The Morgan fingerprint density at radius 3 is 2.18 bits per heavy atom. The summed E-state index contributed by atoms with van der Waals surface area (Å²) in [5, 5.41) is 2.91. The maximum Gasteiger partial charge on any atom is 0.242 e. The van der Waals surface area contributed by atoms with Crippen LogP contribution in [-0.4, -0.2) is 62.2 Å². The number of nitrogens with one attached hydrogen (secondary N) is 1. The van der Waals surface area contributed by atoms with Crippen molar-refractivity contribution in [2.24, 2.45) is 0 Å². The highest BCUT2D eigenvalue weighted by molar-refractivity contribution is 7.89. The van der Waals surface area contributed by atoms with Crippen LogP contribution < -0.4 is 5.32 Å². The zero-order chi connectivity index (χ0) is 25.0. The number of amides is 2. The summed E-state index contributed by atoms with van der Waals surface area (Å²) < 4.78 is 26.7. The van der Waals surface area contributed by atoms with Crippen molar-refractivity contribution >= 4 is 21.8 Å². The van der Waals surface area contributed by atoms with Gasteiger partial charge in [0.05, 0.1) is 4.90 Å². The molecule has 0 heterocycles. The molecule has 1 N–H and O–H groups in total. The van der Waals surface area contributed by atoms with Gasteiger partial charge in [-0.1, -0.05) is 61.9 Å². The zero-order valence-corrected chi connectivity index (χ0v) is 21.3. The monoisotopic (exact) mass is 487 g/mol.